The summed E-state index contributed by atoms with van der Waals surface area (Å²) in [7, 11) is 3.51. The van der Waals surface area contributed by atoms with Crippen LogP contribution in [0.2, 0.25) is 0 Å². The fraction of sp³-hybridized carbons (Fsp3) is 0.875. The summed E-state index contributed by atoms with van der Waals surface area (Å²) >= 11 is 0. The summed E-state index contributed by atoms with van der Waals surface area (Å²) in [5, 5.41) is 0. The van der Waals surface area contributed by atoms with Crippen molar-refractivity contribution in [2.45, 2.75) is 32.8 Å². The Morgan fingerprint density at radius 2 is 2.10 bits per heavy atom. The van der Waals surface area contributed by atoms with Crippen LogP contribution in [0.3, 0.4) is 0 Å². The molecule has 0 spiro atoms. The van der Waals surface area contributed by atoms with E-state index < -0.39 is 0 Å². The van der Waals surface area contributed by atoms with Gasteiger partial charge in [0, 0.05) is 19.9 Å². The predicted octanol–water partition coefficient (Wildman–Crippen LogP) is 1.89. The first kappa shape index (κ1) is 9.63. The van der Waals surface area contributed by atoms with Gasteiger partial charge in [-0.15, -0.1) is 0 Å². The average molecular weight is 143 g/mol. The summed E-state index contributed by atoms with van der Waals surface area (Å²) in [5.74, 6) is 0. The molecule has 0 aromatic heterocycles. The predicted molar refractivity (Wildman–Crippen MR) is 44.7 cm³/mol. The van der Waals surface area contributed by atoms with Gasteiger partial charge in [-0.25, -0.2) is 0 Å². The van der Waals surface area contributed by atoms with E-state index in [-0.39, 0.29) is 5.60 Å². The number of nitrogens with zero attached hydrogens (tertiary/aromatic N) is 1. The molecule has 1 unspecified atom stereocenters. The molecule has 0 amide bonds. The van der Waals surface area contributed by atoms with Crippen LogP contribution >= 0.6 is 0 Å². The lowest BCUT2D eigenvalue weighted by Gasteiger charge is -2.26. The van der Waals surface area contributed by atoms with Gasteiger partial charge in [0.05, 0.1) is 0 Å². The van der Waals surface area contributed by atoms with E-state index in [2.05, 4.69) is 18.8 Å². The molecule has 0 saturated heterocycles. The van der Waals surface area contributed by atoms with Crippen molar-refractivity contribution in [3.05, 3.63) is 0 Å². The van der Waals surface area contributed by atoms with Gasteiger partial charge in [-0.2, -0.15) is 0 Å². The van der Waals surface area contributed by atoms with Gasteiger partial charge < -0.3 is 4.74 Å². The number of aliphatic imine (C=N–C) groups is 1. The number of hydrogen-bond acceptors (Lipinski definition) is 2. The highest BCUT2D eigenvalue weighted by atomic mass is 16.5. The minimum Gasteiger partial charge on any atom is -0.373 e. The summed E-state index contributed by atoms with van der Waals surface area (Å²) in [4.78, 5) is 4.09. The maximum absolute atomic E-state index is 5.31. The van der Waals surface area contributed by atoms with Crippen molar-refractivity contribution >= 4 is 5.71 Å². The summed E-state index contributed by atoms with van der Waals surface area (Å²) < 4.78 is 5.31. The highest BCUT2D eigenvalue weighted by molar-refractivity contribution is 5.89. The SMILES string of the molecule is CCC(C)(OC)C(C)=NC. The topological polar surface area (TPSA) is 21.6 Å². The third-order valence-corrected chi connectivity index (χ3v) is 2.23. The number of ether oxygens (including phenoxy) is 1. The Balaban J connectivity index is 4.32. The van der Waals surface area contributed by atoms with Crippen LogP contribution in [0.15, 0.2) is 4.99 Å². The highest BCUT2D eigenvalue weighted by Crippen LogP contribution is 2.15. The van der Waals surface area contributed by atoms with Gasteiger partial charge in [0.25, 0.3) is 0 Å². The minimum absolute atomic E-state index is 0.158. The van der Waals surface area contributed by atoms with Crippen molar-refractivity contribution in [3.8, 4) is 0 Å². The molecule has 0 aromatic rings. The Bertz CT molecular complexity index is 125. The standard InChI is InChI=1S/C8H17NO/c1-6-8(3,10-5)7(2)9-4/h6H2,1-5H3. The van der Waals surface area contributed by atoms with E-state index >= 15 is 0 Å². The van der Waals surface area contributed by atoms with E-state index in [4.69, 9.17) is 4.74 Å². The molecule has 0 aromatic carbocycles. The lowest BCUT2D eigenvalue weighted by atomic mass is 9.98. The monoisotopic (exact) mass is 143 g/mol. The van der Waals surface area contributed by atoms with Crippen LogP contribution in [0.4, 0.5) is 0 Å². The largest absolute Gasteiger partial charge is 0.373 e. The van der Waals surface area contributed by atoms with Crippen LogP contribution in [-0.2, 0) is 4.74 Å². The van der Waals surface area contributed by atoms with Gasteiger partial charge in [-0.3, -0.25) is 4.99 Å². The second-order valence-electron chi connectivity index (χ2n) is 2.60. The van der Waals surface area contributed by atoms with Crippen molar-refractivity contribution in [3.63, 3.8) is 0 Å². The van der Waals surface area contributed by atoms with Gasteiger partial charge >= 0.3 is 0 Å². The molecule has 0 aliphatic carbocycles. The molecular formula is C8H17NO. The van der Waals surface area contributed by atoms with Crippen LogP contribution < -0.4 is 0 Å². The number of rotatable bonds is 3. The zero-order valence-corrected chi connectivity index (χ0v) is 7.56. The molecule has 0 bridgehead atoms. The highest BCUT2D eigenvalue weighted by Gasteiger charge is 2.23. The molecule has 0 aliphatic heterocycles. The van der Waals surface area contributed by atoms with Crippen LogP contribution in [0.25, 0.3) is 0 Å². The molecule has 10 heavy (non-hydrogen) atoms. The Morgan fingerprint density at radius 1 is 1.60 bits per heavy atom. The lowest BCUT2D eigenvalue weighted by Crippen LogP contribution is -2.34. The molecular weight excluding hydrogens is 126 g/mol. The molecule has 2 heteroatoms. The summed E-state index contributed by atoms with van der Waals surface area (Å²) in [6.45, 7) is 6.14. The van der Waals surface area contributed by atoms with Crippen molar-refractivity contribution in [1.82, 2.24) is 0 Å². The maximum Gasteiger partial charge on any atom is 0.102 e. The van der Waals surface area contributed by atoms with Crippen LogP contribution in [-0.4, -0.2) is 25.5 Å². The Kier molecular flexibility index (Phi) is 3.58. The van der Waals surface area contributed by atoms with Crippen LogP contribution in [0.1, 0.15) is 27.2 Å². The Morgan fingerprint density at radius 3 is 2.20 bits per heavy atom. The lowest BCUT2D eigenvalue weighted by molar-refractivity contribution is 0.0625. The van der Waals surface area contributed by atoms with Gasteiger partial charge in [-0.05, 0) is 20.3 Å². The summed E-state index contributed by atoms with van der Waals surface area (Å²) in [5.41, 5.74) is 0.895. The first-order valence-electron chi connectivity index (χ1n) is 3.59. The van der Waals surface area contributed by atoms with Crippen molar-refractivity contribution in [2.24, 2.45) is 4.99 Å². The zero-order chi connectivity index (χ0) is 8.20. The van der Waals surface area contributed by atoms with Crippen molar-refractivity contribution in [1.29, 1.82) is 0 Å². The fourth-order valence-electron chi connectivity index (χ4n) is 0.784. The van der Waals surface area contributed by atoms with Gasteiger partial charge in [0.15, 0.2) is 0 Å². The van der Waals surface area contributed by atoms with E-state index in [1.54, 1.807) is 14.2 Å². The second-order valence-corrected chi connectivity index (χ2v) is 2.60. The fourth-order valence-corrected chi connectivity index (χ4v) is 0.784. The molecule has 0 radical (unpaired) electrons. The quantitative estimate of drug-likeness (QED) is 0.553. The third kappa shape index (κ3) is 1.81. The average Bonchev–Trinajstić information content (AvgIpc) is 2.01. The first-order valence-corrected chi connectivity index (χ1v) is 3.59. The smallest absolute Gasteiger partial charge is 0.102 e. The normalized spacial score (nSPS) is 18.7. The van der Waals surface area contributed by atoms with E-state index in [1.165, 1.54) is 0 Å². The Labute approximate surface area is 63.3 Å². The molecule has 0 rings (SSSR count). The molecule has 0 N–H and O–H groups in total. The van der Waals surface area contributed by atoms with Crippen molar-refractivity contribution in [2.75, 3.05) is 14.2 Å². The first-order chi connectivity index (χ1) is 4.60. The molecule has 60 valence electrons. The van der Waals surface area contributed by atoms with E-state index in [9.17, 15) is 0 Å². The Hall–Kier alpha value is -0.370. The number of hydrogen-bond donors (Lipinski definition) is 0. The summed E-state index contributed by atoms with van der Waals surface area (Å²) in [6, 6.07) is 0. The molecule has 0 aliphatic rings. The van der Waals surface area contributed by atoms with E-state index in [0.717, 1.165) is 12.1 Å². The maximum atomic E-state index is 5.31. The zero-order valence-electron chi connectivity index (χ0n) is 7.56. The van der Waals surface area contributed by atoms with Crippen LogP contribution in [0, 0.1) is 0 Å². The van der Waals surface area contributed by atoms with Crippen LogP contribution in [0.5, 0.6) is 0 Å². The molecule has 2 nitrogen and oxygen atoms in total. The second kappa shape index (κ2) is 3.71. The molecule has 0 fully saturated rings. The van der Waals surface area contributed by atoms with Gasteiger partial charge in [0.2, 0.25) is 0 Å². The van der Waals surface area contributed by atoms with E-state index in [1.807, 2.05) is 6.92 Å². The molecule has 1 atom stereocenters. The minimum atomic E-state index is -0.158. The van der Waals surface area contributed by atoms with E-state index in [0.29, 0.717) is 0 Å². The van der Waals surface area contributed by atoms with Crippen molar-refractivity contribution < 1.29 is 4.74 Å². The third-order valence-electron chi connectivity index (χ3n) is 2.23. The van der Waals surface area contributed by atoms with Gasteiger partial charge in [0.1, 0.15) is 5.60 Å². The summed E-state index contributed by atoms with van der Waals surface area (Å²) in [6.07, 6.45) is 0.965. The molecule has 0 saturated carbocycles. The molecule has 0 heterocycles. The van der Waals surface area contributed by atoms with Gasteiger partial charge in [-0.1, -0.05) is 6.92 Å². The number of methoxy groups -OCH3 is 1.